The lowest BCUT2D eigenvalue weighted by Crippen LogP contribution is -2.42. The first-order valence-electron chi connectivity index (χ1n) is 23.8. The Hall–Kier alpha value is -5.05. The van der Waals surface area contributed by atoms with Crippen molar-refractivity contribution in [3.8, 4) is 10.8 Å². The third kappa shape index (κ3) is 7.55. The van der Waals surface area contributed by atoms with Crippen LogP contribution in [0.15, 0.2) is 102 Å². The van der Waals surface area contributed by atoms with Gasteiger partial charge in [-0.05, 0) is 173 Å². The predicted molar refractivity (Wildman–Crippen MR) is 257 cm³/mol. The Labute approximate surface area is 377 Å². The normalized spacial score (nSPS) is 24.4. The van der Waals surface area contributed by atoms with Crippen molar-refractivity contribution in [2.24, 2.45) is 16.3 Å². The molecule has 6 aromatic rings. The fourth-order valence-corrected chi connectivity index (χ4v) is 13.7. The van der Waals surface area contributed by atoms with Crippen LogP contribution in [0.4, 0.5) is 5.69 Å². The molecule has 8 heteroatoms. The van der Waals surface area contributed by atoms with Gasteiger partial charge in [0.25, 0.3) is 0 Å². The second-order valence-corrected chi connectivity index (χ2v) is 21.1. The maximum absolute atomic E-state index is 10.3. The lowest BCUT2D eigenvalue weighted by Gasteiger charge is -2.41. The zero-order chi connectivity index (χ0) is 42.8. The molecule has 4 aromatic carbocycles. The summed E-state index contributed by atoms with van der Waals surface area (Å²) in [4.78, 5) is 12.1. The van der Waals surface area contributed by atoms with Crippen LogP contribution in [0.2, 0.25) is 0 Å². The summed E-state index contributed by atoms with van der Waals surface area (Å²) in [6, 6.07) is 36.1. The molecule has 5 aliphatic rings. The number of piperidine rings is 1. The van der Waals surface area contributed by atoms with Crippen molar-refractivity contribution in [2.75, 3.05) is 37.6 Å². The molecule has 2 aliphatic carbocycles. The van der Waals surface area contributed by atoms with Gasteiger partial charge in [-0.15, -0.1) is 21.5 Å². The second-order valence-electron chi connectivity index (χ2n) is 19.9. The number of aromatic hydroxyl groups is 1. The number of hydrogen-bond acceptors (Lipinski definition) is 7. The first-order valence-corrected chi connectivity index (χ1v) is 24.7. The molecule has 2 aromatic heterocycles. The molecule has 63 heavy (non-hydrogen) atoms. The molecule has 3 fully saturated rings. The monoisotopic (exact) mass is 854 g/mol. The Kier molecular flexibility index (Phi) is 10.7. The second kappa shape index (κ2) is 16.5. The van der Waals surface area contributed by atoms with Gasteiger partial charge in [-0.1, -0.05) is 72.8 Å². The van der Waals surface area contributed by atoms with Crippen LogP contribution in [0, 0.1) is 32.1 Å². The number of thiophene rings is 1. The van der Waals surface area contributed by atoms with E-state index in [9.17, 15) is 5.11 Å². The largest absolute Gasteiger partial charge is 0.508 e. The highest BCUT2D eigenvalue weighted by atomic mass is 32.1. The number of rotatable bonds is 7. The van der Waals surface area contributed by atoms with E-state index in [0.29, 0.717) is 28.9 Å². The van der Waals surface area contributed by atoms with Crippen molar-refractivity contribution < 1.29 is 5.11 Å². The molecule has 0 radical (unpaired) electrons. The van der Waals surface area contributed by atoms with E-state index >= 15 is 0 Å². The molecule has 5 heterocycles. The molecule has 1 spiro atoms. The molecule has 1 saturated carbocycles. The van der Waals surface area contributed by atoms with E-state index in [1.54, 1.807) is 0 Å². The molecular formula is C55H62N6OS. The number of aliphatic imine (C=N–C) groups is 1. The number of nitrogens with zero attached hydrogens (tertiary/aromatic N) is 6. The van der Waals surface area contributed by atoms with E-state index in [0.717, 1.165) is 49.2 Å². The van der Waals surface area contributed by atoms with Gasteiger partial charge in [-0.2, -0.15) is 0 Å². The lowest BCUT2D eigenvalue weighted by molar-refractivity contribution is 0.178. The van der Waals surface area contributed by atoms with Gasteiger partial charge in [0.05, 0.1) is 5.71 Å². The molecule has 3 atom stereocenters. The van der Waals surface area contributed by atoms with E-state index in [-0.39, 0.29) is 6.04 Å². The number of likely N-dealkylation sites (tertiary alicyclic amines) is 1. The van der Waals surface area contributed by atoms with Crippen LogP contribution in [-0.4, -0.2) is 63.2 Å². The number of anilines is 1. The molecule has 324 valence electrons. The van der Waals surface area contributed by atoms with E-state index < -0.39 is 0 Å². The van der Waals surface area contributed by atoms with Crippen molar-refractivity contribution >= 4 is 22.7 Å². The minimum Gasteiger partial charge on any atom is -0.508 e. The Morgan fingerprint density at radius 1 is 0.762 bits per heavy atom. The number of phenols is 1. The zero-order valence-corrected chi connectivity index (χ0v) is 38.4. The number of phenolic OH excluding ortho intramolecular Hbond substituents is 1. The Balaban J connectivity index is 0.689. The van der Waals surface area contributed by atoms with Crippen molar-refractivity contribution in [1.82, 2.24) is 19.7 Å². The van der Waals surface area contributed by atoms with Gasteiger partial charge in [0.1, 0.15) is 22.6 Å². The van der Waals surface area contributed by atoms with Crippen LogP contribution < -0.4 is 4.90 Å². The quantitative estimate of drug-likeness (QED) is 0.173. The summed E-state index contributed by atoms with van der Waals surface area (Å²) in [6.45, 7) is 14.7. The minimum atomic E-state index is -0.0676. The van der Waals surface area contributed by atoms with Gasteiger partial charge >= 0.3 is 0 Å². The van der Waals surface area contributed by atoms with Crippen molar-refractivity contribution in [1.29, 1.82) is 0 Å². The number of aromatic nitrogens is 3. The molecule has 7 nitrogen and oxygen atoms in total. The maximum Gasteiger partial charge on any atom is 0.162 e. The van der Waals surface area contributed by atoms with Crippen molar-refractivity contribution in [2.45, 2.75) is 109 Å². The third-order valence-electron chi connectivity index (χ3n) is 16.1. The highest BCUT2D eigenvalue weighted by molar-refractivity contribution is 7.15. The topological polar surface area (TPSA) is 69.8 Å². The summed E-state index contributed by atoms with van der Waals surface area (Å²) in [5, 5.41) is 20.4. The number of benzene rings is 4. The molecule has 0 unspecified atom stereocenters. The SMILES string of the molecule is Cc1sc2c(c1C)C(c1ccc(N3CCC4(CCN(CC5CCC(c6ccc([C@@H]7c8ccc(O)cc8CC[C@@H]7c7ccccc7)cc6)CC5)C4)CC3)cc1)=N[C@@H](C)c1nnc(C)n1-2. The van der Waals surface area contributed by atoms with E-state index in [2.05, 4.69) is 130 Å². The minimum absolute atomic E-state index is 0.0676. The van der Waals surface area contributed by atoms with E-state index in [1.165, 1.54) is 125 Å². The van der Waals surface area contributed by atoms with Crippen LogP contribution in [0.1, 0.15) is 143 Å². The Morgan fingerprint density at radius 2 is 1.49 bits per heavy atom. The summed E-state index contributed by atoms with van der Waals surface area (Å²) in [6.07, 6.45) is 11.3. The predicted octanol–water partition coefficient (Wildman–Crippen LogP) is 12.0. The number of aryl methyl sites for hydroxylation is 3. The molecule has 1 N–H and O–H groups in total. The summed E-state index contributed by atoms with van der Waals surface area (Å²) >= 11 is 1.82. The van der Waals surface area contributed by atoms with Crippen LogP contribution in [0.25, 0.3) is 5.00 Å². The standard InChI is InChI=1S/C55H62N6OS/c1-35-37(3)63-54-50(35)52(56-36(2)53-58-57-38(4)61(53)54)44-18-21-46(22-19-44)60-30-27-55(28-31-60)26-29-59(34-55)33-39-10-12-40(13-11-39)41-14-16-43(17-15-41)51-48(42-8-6-5-7-9-42)24-20-45-32-47(62)23-25-49(45)51/h5-9,14-19,21-23,25,32,36,39-40,48,51,62H,10-13,20,24,26-31,33-34H2,1-4H3/t36-,39?,40?,48+,51-/m0/s1. The third-order valence-corrected chi connectivity index (χ3v) is 17.3. The molecular weight excluding hydrogens is 793 g/mol. The van der Waals surface area contributed by atoms with E-state index in [1.807, 2.05) is 30.4 Å². The summed E-state index contributed by atoms with van der Waals surface area (Å²) in [5.41, 5.74) is 13.6. The smallest absolute Gasteiger partial charge is 0.162 e. The van der Waals surface area contributed by atoms with E-state index in [4.69, 9.17) is 4.99 Å². The summed E-state index contributed by atoms with van der Waals surface area (Å²) in [7, 11) is 0. The lowest BCUT2D eigenvalue weighted by atomic mass is 9.69. The van der Waals surface area contributed by atoms with Crippen LogP contribution in [0.3, 0.4) is 0 Å². The van der Waals surface area contributed by atoms with Gasteiger partial charge in [-0.25, -0.2) is 0 Å². The van der Waals surface area contributed by atoms with Gasteiger partial charge in [0.2, 0.25) is 0 Å². The van der Waals surface area contributed by atoms with Crippen molar-refractivity contribution in [3.05, 3.63) is 158 Å². The van der Waals surface area contributed by atoms with Crippen LogP contribution >= 0.6 is 11.3 Å². The summed E-state index contributed by atoms with van der Waals surface area (Å²) in [5.74, 6) is 4.45. The fraction of sp³-hybridized carbons (Fsp3) is 0.436. The first-order chi connectivity index (χ1) is 30.7. The van der Waals surface area contributed by atoms with Gasteiger partial charge < -0.3 is 14.9 Å². The zero-order valence-electron chi connectivity index (χ0n) is 37.6. The Bertz CT molecular complexity index is 2630. The van der Waals surface area contributed by atoms with Gasteiger partial charge in [0, 0.05) is 53.8 Å². The molecule has 3 aliphatic heterocycles. The van der Waals surface area contributed by atoms with Gasteiger partial charge in [-0.3, -0.25) is 9.56 Å². The number of fused-ring (bicyclic) bond motifs is 4. The molecule has 2 saturated heterocycles. The average molecular weight is 855 g/mol. The highest BCUT2D eigenvalue weighted by Gasteiger charge is 2.41. The van der Waals surface area contributed by atoms with Gasteiger partial charge in [0.15, 0.2) is 5.82 Å². The molecule has 11 rings (SSSR count). The highest BCUT2D eigenvalue weighted by Crippen LogP contribution is 2.48. The fourth-order valence-electron chi connectivity index (χ4n) is 12.4. The van der Waals surface area contributed by atoms with Crippen molar-refractivity contribution in [3.63, 3.8) is 0 Å². The maximum atomic E-state index is 10.3. The molecule has 0 amide bonds. The van der Waals surface area contributed by atoms with Crippen LogP contribution in [-0.2, 0) is 6.42 Å². The van der Waals surface area contributed by atoms with Crippen LogP contribution in [0.5, 0.6) is 5.75 Å². The summed E-state index contributed by atoms with van der Waals surface area (Å²) < 4.78 is 2.22. The average Bonchev–Trinajstić information content (AvgIpc) is 3.96. The molecule has 0 bridgehead atoms. The Morgan fingerprint density at radius 3 is 2.25 bits per heavy atom. The number of hydrogen-bond donors (Lipinski definition) is 1. The first kappa shape index (κ1) is 40.7.